The average Bonchev–Trinajstić information content (AvgIpc) is 3.11. The molecule has 0 radical (unpaired) electrons. The zero-order valence-electron chi connectivity index (χ0n) is 15.8. The second-order valence-corrected chi connectivity index (χ2v) is 7.64. The summed E-state index contributed by atoms with van der Waals surface area (Å²) in [5.41, 5.74) is 1.07. The summed E-state index contributed by atoms with van der Waals surface area (Å²) in [5, 5.41) is 9.01. The summed E-state index contributed by atoms with van der Waals surface area (Å²) in [5.74, 6) is -0.698. The highest BCUT2D eigenvalue weighted by Crippen LogP contribution is 2.43. The summed E-state index contributed by atoms with van der Waals surface area (Å²) < 4.78 is 36.1. The molecular formula is C20H28O7. The van der Waals surface area contributed by atoms with Crippen molar-refractivity contribution in [3.8, 4) is 0 Å². The van der Waals surface area contributed by atoms with Crippen LogP contribution in [0.3, 0.4) is 0 Å². The molecule has 0 aromatic heterocycles. The zero-order valence-corrected chi connectivity index (χ0v) is 15.8. The minimum Gasteiger partial charge on any atom is -0.394 e. The maximum absolute atomic E-state index is 9.01. The van der Waals surface area contributed by atoms with Crippen molar-refractivity contribution in [3.05, 3.63) is 35.9 Å². The van der Waals surface area contributed by atoms with Crippen molar-refractivity contribution in [2.24, 2.45) is 5.92 Å². The van der Waals surface area contributed by atoms with Crippen LogP contribution in [0.15, 0.2) is 30.3 Å². The lowest BCUT2D eigenvalue weighted by Gasteiger charge is -2.35. The maximum Gasteiger partial charge on any atom is 0.188 e. The molecule has 0 bridgehead atoms. The number of aliphatic hydroxyl groups excluding tert-OH is 1. The van der Waals surface area contributed by atoms with E-state index in [4.69, 9.17) is 33.5 Å². The Morgan fingerprint density at radius 2 is 1.89 bits per heavy atom. The van der Waals surface area contributed by atoms with Gasteiger partial charge in [-0.05, 0) is 19.4 Å². The Morgan fingerprint density at radius 3 is 2.67 bits per heavy atom. The third-order valence-corrected chi connectivity index (χ3v) is 5.23. The van der Waals surface area contributed by atoms with E-state index in [0.29, 0.717) is 19.8 Å². The zero-order chi connectivity index (χ0) is 18.9. The summed E-state index contributed by atoms with van der Waals surface area (Å²) in [4.78, 5) is 0. The second kappa shape index (κ2) is 8.13. The first-order chi connectivity index (χ1) is 13.1. The average molecular weight is 380 g/mol. The van der Waals surface area contributed by atoms with Crippen molar-refractivity contribution in [3.63, 3.8) is 0 Å². The van der Waals surface area contributed by atoms with Gasteiger partial charge in [-0.2, -0.15) is 0 Å². The van der Waals surface area contributed by atoms with Gasteiger partial charge in [0.05, 0.1) is 39.1 Å². The van der Waals surface area contributed by atoms with Gasteiger partial charge in [-0.1, -0.05) is 30.3 Å². The van der Waals surface area contributed by atoms with Crippen molar-refractivity contribution < 1.29 is 33.5 Å². The summed E-state index contributed by atoms with van der Waals surface area (Å²) in [6.45, 7) is 5.26. The summed E-state index contributed by atoms with van der Waals surface area (Å²) in [6, 6.07) is 10.0. The molecular weight excluding hydrogens is 352 g/mol. The number of ether oxygens (including phenoxy) is 6. The van der Waals surface area contributed by atoms with Crippen LogP contribution in [0, 0.1) is 5.92 Å². The first-order valence-corrected chi connectivity index (χ1v) is 9.55. The lowest BCUT2D eigenvalue weighted by molar-refractivity contribution is -0.238. The minimum absolute atomic E-state index is 0.0222. The van der Waals surface area contributed by atoms with E-state index in [2.05, 4.69) is 0 Å². The lowest BCUT2D eigenvalue weighted by atomic mass is 9.94. The van der Waals surface area contributed by atoms with Gasteiger partial charge in [-0.15, -0.1) is 0 Å². The van der Waals surface area contributed by atoms with Crippen LogP contribution in [0.5, 0.6) is 0 Å². The Bertz CT molecular complexity index is 608. The SMILES string of the molecule is CC1(C)OC2[C@H](O[C@@H]3C(COCCO)OCC(c4ccccc4)OC[C@@H]23)O1. The van der Waals surface area contributed by atoms with E-state index in [9.17, 15) is 0 Å². The fourth-order valence-corrected chi connectivity index (χ4v) is 4.00. The van der Waals surface area contributed by atoms with Crippen LogP contribution in [0.2, 0.25) is 0 Å². The molecule has 0 spiro atoms. The standard InChI is InChI=1S/C20H28O7/c1-20(2)26-18-14-10-23-15(13-6-4-3-5-7-13)12-24-16(11-22-9-8-21)17(14)25-19(18)27-20/h3-7,14-19,21H,8-12H2,1-2H3/t14-,15?,16?,17+,18?,19-/m1/s1. The van der Waals surface area contributed by atoms with Gasteiger partial charge in [0.1, 0.15) is 18.3 Å². The predicted octanol–water partition coefficient (Wildman–Crippen LogP) is 1.64. The third-order valence-electron chi connectivity index (χ3n) is 5.23. The van der Waals surface area contributed by atoms with E-state index in [1.165, 1.54) is 0 Å². The van der Waals surface area contributed by atoms with Crippen molar-refractivity contribution in [2.75, 3.05) is 33.0 Å². The van der Waals surface area contributed by atoms with Gasteiger partial charge in [-0.25, -0.2) is 0 Å². The summed E-state index contributed by atoms with van der Waals surface area (Å²) in [7, 11) is 0. The molecule has 3 aliphatic heterocycles. The molecule has 3 aliphatic rings. The topological polar surface area (TPSA) is 75.6 Å². The van der Waals surface area contributed by atoms with Crippen molar-refractivity contribution in [1.29, 1.82) is 0 Å². The highest BCUT2D eigenvalue weighted by Gasteiger charge is 2.57. The van der Waals surface area contributed by atoms with Gasteiger partial charge in [0.25, 0.3) is 0 Å². The van der Waals surface area contributed by atoms with E-state index in [-0.39, 0.29) is 43.5 Å². The quantitative estimate of drug-likeness (QED) is 0.779. The Hall–Kier alpha value is -1.06. The molecule has 3 unspecified atom stereocenters. The molecule has 0 saturated carbocycles. The van der Waals surface area contributed by atoms with Crippen LogP contribution >= 0.6 is 0 Å². The van der Waals surface area contributed by atoms with Gasteiger partial charge in [0.2, 0.25) is 0 Å². The molecule has 0 amide bonds. The van der Waals surface area contributed by atoms with E-state index in [1.807, 2.05) is 44.2 Å². The Kier molecular flexibility index (Phi) is 5.80. The van der Waals surface area contributed by atoms with Crippen LogP contribution in [0.25, 0.3) is 0 Å². The van der Waals surface area contributed by atoms with Crippen molar-refractivity contribution >= 4 is 0 Å². The Balaban J connectivity index is 1.52. The molecule has 7 nitrogen and oxygen atoms in total. The molecule has 7 heteroatoms. The van der Waals surface area contributed by atoms with E-state index < -0.39 is 12.1 Å². The molecule has 1 aromatic rings. The van der Waals surface area contributed by atoms with Crippen LogP contribution in [0.4, 0.5) is 0 Å². The molecule has 3 saturated heterocycles. The van der Waals surface area contributed by atoms with Gasteiger partial charge < -0.3 is 33.5 Å². The number of rotatable bonds is 5. The second-order valence-electron chi connectivity index (χ2n) is 7.64. The van der Waals surface area contributed by atoms with Crippen LogP contribution < -0.4 is 0 Å². The Labute approximate surface area is 159 Å². The van der Waals surface area contributed by atoms with Crippen molar-refractivity contribution in [2.45, 2.75) is 50.3 Å². The molecule has 0 aliphatic carbocycles. The molecule has 3 fully saturated rings. The monoisotopic (exact) mass is 380 g/mol. The van der Waals surface area contributed by atoms with Crippen LogP contribution in [0.1, 0.15) is 25.5 Å². The van der Waals surface area contributed by atoms with E-state index >= 15 is 0 Å². The molecule has 3 heterocycles. The van der Waals surface area contributed by atoms with Crippen molar-refractivity contribution in [1.82, 2.24) is 0 Å². The number of hydrogen-bond acceptors (Lipinski definition) is 7. The number of benzene rings is 1. The number of aliphatic hydroxyl groups is 1. The lowest BCUT2D eigenvalue weighted by Crippen LogP contribution is -2.45. The molecule has 4 rings (SSSR count). The van der Waals surface area contributed by atoms with Gasteiger partial charge in [-0.3, -0.25) is 0 Å². The Morgan fingerprint density at radius 1 is 1.07 bits per heavy atom. The van der Waals surface area contributed by atoms with E-state index in [0.717, 1.165) is 5.56 Å². The summed E-state index contributed by atoms with van der Waals surface area (Å²) in [6.07, 6.45) is -1.33. The number of hydrogen-bond donors (Lipinski definition) is 1. The van der Waals surface area contributed by atoms with Crippen LogP contribution in [-0.4, -0.2) is 68.5 Å². The molecule has 1 aromatic carbocycles. The normalized spacial score (nSPS) is 38.0. The van der Waals surface area contributed by atoms with Crippen LogP contribution in [-0.2, 0) is 28.4 Å². The minimum atomic E-state index is -0.675. The van der Waals surface area contributed by atoms with Gasteiger partial charge >= 0.3 is 0 Å². The molecule has 27 heavy (non-hydrogen) atoms. The smallest absolute Gasteiger partial charge is 0.188 e. The first kappa shape index (κ1) is 19.3. The molecule has 6 atom stereocenters. The molecule has 150 valence electrons. The number of fused-ring (bicyclic) bond motifs is 3. The fraction of sp³-hybridized carbons (Fsp3) is 0.700. The summed E-state index contributed by atoms with van der Waals surface area (Å²) >= 11 is 0. The predicted molar refractivity (Wildman–Crippen MR) is 95.0 cm³/mol. The molecule has 1 N–H and O–H groups in total. The largest absolute Gasteiger partial charge is 0.394 e. The highest BCUT2D eigenvalue weighted by atomic mass is 16.8. The highest BCUT2D eigenvalue weighted by molar-refractivity contribution is 5.18. The van der Waals surface area contributed by atoms with Gasteiger partial charge in [0, 0.05) is 5.92 Å². The fourth-order valence-electron chi connectivity index (χ4n) is 4.00. The van der Waals surface area contributed by atoms with Gasteiger partial charge in [0.15, 0.2) is 12.1 Å². The van der Waals surface area contributed by atoms with E-state index in [1.54, 1.807) is 0 Å². The third kappa shape index (κ3) is 4.19. The maximum atomic E-state index is 9.01. The first-order valence-electron chi connectivity index (χ1n) is 9.55.